The largest absolute Gasteiger partial charge is 0.493 e. The van der Waals surface area contributed by atoms with Crippen LogP contribution in [0.3, 0.4) is 0 Å². The lowest BCUT2D eigenvalue weighted by atomic mass is 9.84. The molecule has 3 aliphatic rings. The number of aromatic nitrogens is 2. The van der Waals surface area contributed by atoms with Crippen LogP contribution in [0.25, 0.3) is 17.1 Å². The van der Waals surface area contributed by atoms with Gasteiger partial charge in [-0.3, -0.25) is 14.2 Å². The molecule has 0 N–H and O–H groups in total. The fourth-order valence-corrected chi connectivity index (χ4v) is 6.50. The predicted octanol–water partition coefficient (Wildman–Crippen LogP) is 4.97. The minimum atomic E-state index is -0.0474. The number of hydrogen-bond acceptors (Lipinski definition) is 6. The number of thiophene rings is 1. The van der Waals surface area contributed by atoms with E-state index in [-0.39, 0.29) is 23.8 Å². The first-order valence-electron chi connectivity index (χ1n) is 14.0. The van der Waals surface area contributed by atoms with Crippen LogP contribution in [0.5, 0.6) is 11.5 Å². The fraction of sp³-hybridized carbons (Fsp3) is 0.500. The molecule has 206 valence electrons. The number of imidazole rings is 1. The molecule has 2 aromatic heterocycles. The Labute approximate surface area is 233 Å². The summed E-state index contributed by atoms with van der Waals surface area (Å²) in [5, 5.41) is 4.11. The Morgan fingerprint density at radius 2 is 1.82 bits per heavy atom. The molecule has 0 atom stereocenters. The third-order valence-corrected chi connectivity index (χ3v) is 8.79. The summed E-state index contributed by atoms with van der Waals surface area (Å²) in [6.07, 6.45) is 5.42. The van der Waals surface area contributed by atoms with Crippen LogP contribution in [0.1, 0.15) is 61.3 Å². The van der Waals surface area contributed by atoms with Crippen LogP contribution in [0.2, 0.25) is 0 Å². The number of aryl methyl sites for hydroxylation is 1. The number of hydrogen-bond donors (Lipinski definition) is 0. The van der Waals surface area contributed by atoms with E-state index in [1.54, 1.807) is 18.4 Å². The summed E-state index contributed by atoms with van der Waals surface area (Å²) in [6.45, 7) is 6.47. The Bertz CT molecular complexity index is 1380. The number of carbonyl (C=O) groups excluding carboxylic acids is 2. The van der Waals surface area contributed by atoms with Crippen LogP contribution >= 0.6 is 11.3 Å². The molecule has 2 aliphatic heterocycles. The summed E-state index contributed by atoms with van der Waals surface area (Å²) in [5.74, 6) is 2.57. The van der Waals surface area contributed by atoms with Crippen molar-refractivity contribution in [1.29, 1.82) is 0 Å². The van der Waals surface area contributed by atoms with Crippen LogP contribution in [-0.4, -0.2) is 70.6 Å². The van der Waals surface area contributed by atoms with Crippen molar-refractivity contribution in [3.05, 3.63) is 45.9 Å². The van der Waals surface area contributed by atoms with E-state index in [1.165, 1.54) is 0 Å². The lowest BCUT2D eigenvalue weighted by Gasteiger charge is -2.31. The monoisotopic (exact) mass is 548 g/mol. The number of ether oxygens (including phenoxy) is 2. The summed E-state index contributed by atoms with van der Waals surface area (Å²) in [6, 6.07) is 6.13. The maximum Gasteiger partial charge on any atom is 0.274 e. The lowest BCUT2D eigenvalue weighted by molar-refractivity contribution is -0.138. The molecule has 0 unspecified atom stereocenters. The predicted molar refractivity (Wildman–Crippen MR) is 151 cm³/mol. The lowest BCUT2D eigenvalue weighted by Crippen LogP contribution is -2.41. The van der Waals surface area contributed by atoms with Crippen molar-refractivity contribution in [3.63, 3.8) is 0 Å². The molecule has 4 heterocycles. The Hall–Kier alpha value is -3.33. The van der Waals surface area contributed by atoms with Gasteiger partial charge in [0.15, 0.2) is 17.2 Å². The quantitative estimate of drug-likeness (QED) is 0.435. The van der Waals surface area contributed by atoms with Crippen LogP contribution in [0, 0.1) is 5.92 Å². The van der Waals surface area contributed by atoms with Gasteiger partial charge < -0.3 is 19.3 Å². The van der Waals surface area contributed by atoms with Crippen molar-refractivity contribution in [1.82, 2.24) is 19.4 Å². The SMILES string of the molecule is COc1cc2c(cc1OC(C)C)-n1c(-c3ccsc3)nc(C(=O)N3CCCN(C(=O)C4CCC4)CC3)c1CC2. The Kier molecular flexibility index (Phi) is 7.10. The molecule has 0 bridgehead atoms. The molecule has 39 heavy (non-hydrogen) atoms. The van der Waals surface area contributed by atoms with E-state index in [0.29, 0.717) is 49.8 Å². The minimum absolute atomic E-state index is 0.00458. The van der Waals surface area contributed by atoms with E-state index >= 15 is 0 Å². The average Bonchev–Trinajstić information content (AvgIpc) is 3.48. The first-order chi connectivity index (χ1) is 18.9. The van der Waals surface area contributed by atoms with Crippen molar-refractivity contribution in [2.75, 3.05) is 33.3 Å². The molecule has 2 amide bonds. The van der Waals surface area contributed by atoms with Gasteiger partial charge in [0.2, 0.25) is 5.91 Å². The van der Waals surface area contributed by atoms with Gasteiger partial charge >= 0.3 is 0 Å². The Balaban J connectivity index is 1.36. The fourth-order valence-electron chi connectivity index (χ4n) is 5.86. The highest BCUT2D eigenvalue weighted by atomic mass is 32.1. The number of methoxy groups -OCH3 is 1. The van der Waals surface area contributed by atoms with Gasteiger partial charge in [-0.05, 0) is 69.0 Å². The van der Waals surface area contributed by atoms with E-state index < -0.39 is 0 Å². The first-order valence-corrected chi connectivity index (χ1v) is 15.0. The molecule has 0 radical (unpaired) electrons. The number of fused-ring (bicyclic) bond motifs is 3. The molecule has 0 spiro atoms. The van der Waals surface area contributed by atoms with Gasteiger partial charge in [0.1, 0.15) is 5.82 Å². The van der Waals surface area contributed by atoms with Gasteiger partial charge in [-0.2, -0.15) is 11.3 Å². The summed E-state index contributed by atoms with van der Waals surface area (Å²) in [4.78, 5) is 35.7. The van der Waals surface area contributed by atoms with Crippen molar-refractivity contribution >= 4 is 23.2 Å². The number of rotatable bonds is 6. The zero-order chi connectivity index (χ0) is 27.1. The molecule has 6 rings (SSSR count). The molecule has 1 saturated carbocycles. The normalized spacial score (nSPS) is 17.3. The van der Waals surface area contributed by atoms with Gasteiger partial charge in [-0.25, -0.2) is 4.98 Å². The van der Waals surface area contributed by atoms with Crippen molar-refractivity contribution in [3.8, 4) is 28.6 Å². The van der Waals surface area contributed by atoms with Crippen LogP contribution < -0.4 is 9.47 Å². The van der Waals surface area contributed by atoms with Crippen LogP contribution in [0.4, 0.5) is 0 Å². The molecule has 9 heteroatoms. The highest BCUT2D eigenvalue weighted by Gasteiger charge is 2.34. The minimum Gasteiger partial charge on any atom is -0.493 e. The maximum absolute atomic E-state index is 14.0. The summed E-state index contributed by atoms with van der Waals surface area (Å²) < 4.78 is 13.9. The molecule has 8 nitrogen and oxygen atoms in total. The van der Waals surface area contributed by atoms with Crippen molar-refractivity contribution < 1.29 is 19.1 Å². The first kappa shape index (κ1) is 25.9. The maximum atomic E-state index is 14.0. The summed E-state index contributed by atoms with van der Waals surface area (Å²) in [7, 11) is 1.66. The number of carbonyl (C=O) groups is 2. The van der Waals surface area contributed by atoms with Crippen LogP contribution in [-0.2, 0) is 17.6 Å². The number of benzene rings is 1. The Morgan fingerprint density at radius 1 is 1.03 bits per heavy atom. The topological polar surface area (TPSA) is 76.9 Å². The zero-order valence-electron chi connectivity index (χ0n) is 22.9. The molecule has 1 aliphatic carbocycles. The third-order valence-electron chi connectivity index (χ3n) is 8.10. The molecule has 1 aromatic carbocycles. The summed E-state index contributed by atoms with van der Waals surface area (Å²) in [5.41, 5.74) is 4.56. The standard InChI is InChI=1S/C30H36N4O4S/c1-19(2)38-26-17-24-21(16-25(26)37-3)8-9-23-27(31-28(34(23)24)22-10-15-39-18-22)30(36)33-12-5-11-32(13-14-33)29(35)20-6-4-7-20/h10,15-20H,4-9,11-14H2,1-3H3. The van der Waals surface area contributed by atoms with E-state index in [4.69, 9.17) is 14.5 Å². The van der Waals surface area contributed by atoms with Gasteiger partial charge in [-0.15, -0.1) is 0 Å². The average molecular weight is 549 g/mol. The van der Waals surface area contributed by atoms with E-state index in [1.807, 2.05) is 41.2 Å². The second-order valence-corrected chi connectivity index (χ2v) is 11.8. The van der Waals surface area contributed by atoms with Gasteiger partial charge in [0.05, 0.1) is 24.6 Å². The van der Waals surface area contributed by atoms with E-state index in [0.717, 1.165) is 60.4 Å². The second-order valence-electron chi connectivity index (χ2n) is 11.0. The number of amides is 2. The van der Waals surface area contributed by atoms with Crippen molar-refractivity contribution in [2.45, 2.75) is 58.5 Å². The van der Waals surface area contributed by atoms with Gasteiger partial charge in [0.25, 0.3) is 5.91 Å². The molecule has 3 aromatic rings. The Morgan fingerprint density at radius 3 is 2.51 bits per heavy atom. The van der Waals surface area contributed by atoms with E-state index in [9.17, 15) is 9.59 Å². The van der Waals surface area contributed by atoms with Gasteiger partial charge in [0, 0.05) is 49.1 Å². The molecule has 2 fully saturated rings. The third kappa shape index (κ3) is 4.81. The zero-order valence-corrected chi connectivity index (χ0v) is 23.8. The molecule has 1 saturated heterocycles. The second kappa shape index (κ2) is 10.7. The molecular formula is C30H36N4O4S. The smallest absolute Gasteiger partial charge is 0.274 e. The van der Waals surface area contributed by atoms with Crippen molar-refractivity contribution in [2.24, 2.45) is 5.92 Å². The highest BCUT2D eigenvalue weighted by molar-refractivity contribution is 7.08. The highest BCUT2D eigenvalue weighted by Crippen LogP contribution is 2.40. The van der Waals surface area contributed by atoms with Gasteiger partial charge in [-0.1, -0.05) is 6.42 Å². The van der Waals surface area contributed by atoms with E-state index in [2.05, 4.69) is 16.0 Å². The molecular weight excluding hydrogens is 512 g/mol. The number of nitrogens with zero attached hydrogens (tertiary/aromatic N) is 4. The van der Waals surface area contributed by atoms with Crippen LogP contribution in [0.15, 0.2) is 29.0 Å². The summed E-state index contributed by atoms with van der Waals surface area (Å²) >= 11 is 1.61.